The van der Waals surface area contributed by atoms with Gasteiger partial charge in [0, 0.05) is 37.3 Å². The number of nitrogens with zero attached hydrogens (tertiary/aromatic N) is 2. The second-order valence-electron chi connectivity index (χ2n) is 8.86. The highest BCUT2D eigenvalue weighted by molar-refractivity contribution is 5.09. The van der Waals surface area contributed by atoms with E-state index in [1.54, 1.807) is 0 Å². The summed E-state index contributed by atoms with van der Waals surface area (Å²) in [4.78, 5) is 5.28. The number of fused-ring (bicyclic) bond motifs is 2. The largest absolute Gasteiger partial charge is 0.367 e. The number of nitrogens with two attached hydrogens (primary N) is 1. The molecule has 21 heavy (non-hydrogen) atoms. The first-order valence-electron chi connectivity index (χ1n) is 8.54. The van der Waals surface area contributed by atoms with Gasteiger partial charge in [0.1, 0.15) is 0 Å². The Morgan fingerprint density at radius 2 is 1.48 bits per heavy atom. The summed E-state index contributed by atoms with van der Waals surface area (Å²) in [5.74, 6) is 0. The molecule has 0 amide bonds. The number of morpholine rings is 1. The van der Waals surface area contributed by atoms with Crippen molar-refractivity contribution in [2.45, 2.75) is 82.2 Å². The van der Waals surface area contributed by atoms with Crippen LogP contribution in [-0.4, -0.2) is 65.3 Å². The molecule has 2 atom stereocenters. The topological polar surface area (TPSA) is 41.7 Å². The third kappa shape index (κ3) is 2.76. The van der Waals surface area contributed by atoms with E-state index < -0.39 is 0 Å². The summed E-state index contributed by atoms with van der Waals surface area (Å²) in [5.41, 5.74) is 6.34. The molecule has 2 N–H and O–H groups in total. The maximum atomic E-state index is 6.34. The van der Waals surface area contributed by atoms with Crippen LogP contribution in [0.2, 0.25) is 0 Å². The maximum absolute atomic E-state index is 6.34. The molecule has 2 unspecified atom stereocenters. The van der Waals surface area contributed by atoms with Crippen LogP contribution in [0.1, 0.15) is 53.4 Å². The lowest BCUT2D eigenvalue weighted by Gasteiger charge is -2.57. The predicted octanol–water partition coefficient (Wildman–Crippen LogP) is 1.83. The Bertz CT molecular complexity index is 377. The van der Waals surface area contributed by atoms with E-state index in [9.17, 15) is 0 Å². The first-order chi connectivity index (χ1) is 9.66. The fourth-order valence-corrected chi connectivity index (χ4v) is 5.22. The maximum Gasteiger partial charge on any atom is 0.0761 e. The molecule has 3 heterocycles. The van der Waals surface area contributed by atoms with Gasteiger partial charge in [-0.15, -0.1) is 0 Å². The summed E-state index contributed by atoms with van der Waals surface area (Å²) in [7, 11) is 2.30. The van der Waals surface area contributed by atoms with Gasteiger partial charge in [0.15, 0.2) is 0 Å². The van der Waals surface area contributed by atoms with Gasteiger partial charge in [-0.3, -0.25) is 4.90 Å². The molecule has 122 valence electrons. The average Bonchev–Trinajstić information content (AvgIpc) is 2.59. The molecule has 3 rings (SSSR count). The predicted molar refractivity (Wildman–Crippen MR) is 86.4 cm³/mol. The van der Waals surface area contributed by atoms with Crippen LogP contribution in [0.3, 0.4) is 0 Å². The molecule has 4 heteroatoms. The zero-order valence-electron chi connectivity index (χ0n) is 14.5. The van der Waals surface area contributed by atoms with Crippen LogP contribution in [0.15, 0.2) is 0 Å². The molecule has 3 aliphatic heterocycles. The Labute approximate surface area is 130 Å². The van der Waals surface area contributed by atoms with Crippen molar-refractivity contribution >= 4 is 0 Å². The van der Waals surface area contributed by atoms with Crippen LogP contribution in [0.4, 0.5) is 0 Å². The van der Waals surface area contributed by atoms with Gasteiger partial charge >= 0.3 is 0 Å². The number of hydrogen-bond donors (Lipinski definition) is 1. The van der Waals surface area contributed by atoms with Crippen molar-refractivity contribution in [3.8, 4) is 0 Å². The second-order valence-corrected chi connectivity index (χ2v) is 8.86. The average molecular weight is 295 g/mol. The van der Waals surface area contributed by atoms with E-state index in [4.69, 9.17) is 10.5 Å². The lowest BCUT2D eigenvalue weighted by molar-refractivity contribution is -0.205. The van der Waals surface area contributed by atoms with Crippen molar-refractivity contribution in [1.29, 1.82) is 0 Å². The summed E-state index contributed by atoms with van der Waals surface area (Å²) in [6.45, 7) is 11.6. The van der Waals surface area contributed by atoms with Gasteiger partial charge in [-0.25, -0.2) is 0 Å². The molecule has 2 bridgehead atoms. The first kappa shape index (κ1) is 15.7. The number of hydrogen-bond acceptors (Lipinski definition) is 4. The molecule has 0 aromatic heterocycles. The molecule has 0 aliphatic carbocycles. The first-order valence-corrected chi connectivity index (χ1v) is 8.54. The van der Waals surface area contributed by atoms with Crippen molar-refractivity contribution in [1.82, 2.24) is 9.80 Å². The van der Waals surface area contributed by atoms with E-state index >= 15 is 0 Å². The molecule has 0 aromatic carbocycles. The van der Waals surface area contributed by atoms with Crippen LogP contribution < -0.4 is 5.73 Å². The van der Waals surface area contributed by atoms with Gasteiger partial charge < -0.3 is 15.4 Å². The molecular formula is C17H33N3O. The van der Waals surface area contributed by atoms with Gasteiger partial charge in [0.2, 0.25) is 0 Å². The normalized spacial score (nSPS) is 43.1. The summed E-state index contributed by atoms with van der Waals surface area (Å²) in [6.07, 6.45) is 5.14. The molecule has 0 saturated carbocycles. The van der Waals surface area contributed by atoms with Crippen molar-refractivity contribution in [3.05, 3.63) is 0 Å². The number of piperidine rings is 1. The molecule has 0 aromatic rings. The molecule has 3 aliphatic rings. The minimum absolute atomic E-state index is 0.0910. The SMILES string of the molecule is CN1C2CCC1CC(CN)(N1CC(C)(C)OC(C)(C)C1)C2. The Morgan fingerprint density at radius 3 is 1.90 bits per heavy atom. The van der Waals surface area contributed by atoms with Gasteiger partial charge in [-0.2, -0.15) is 0 Å². The highest BCUT2D eigenvalue weighted by Crippen LogP contribution is 2.44. The fraction of sp³-hybridized carbons (Fsp3) is 1.00. The minimum Gasteiger partial charge on any atom is -0.367 e. The van der Waals surface area contributed by atoms with E-state index in [1.807, 2.05) is 0 Å². The zero-order valence-corrected chi connectivity index (χ0v) is 14.5. The lowest BCUT2D eigenvalue weighted by Crippen LogP contribution is -2.69. The summed E-state index contributed by atoms with van der Waals surface area (Å²) >= 11 is 0. The minimum atomic E-state index is -0.0910. The monoisotopic (exact) mass is 295 g/mol. The third-order valence-electron chi connectivity index (χ3n) is 5.96. The van der Waals surface area contributed by atoms with Crippen molar-refractivity contribution in [3.63, 3.8) is 0 Å². The summed E-state index contributed by atoms with van der Waals surface area (Å²) in [5, 5.41) is 0. The Kier molecular flexibility index (Phi) is 3.68. The zero-order chi connectivity index (χ0) is 15.5. The van der Waals surface area contributed by atoms with E-state index in [0.717, 1.165) is 31.7 Å². The standard InChI is InChI=1S/C17H33N3O/c1-15(2)11-20(12-16(3,4)21-15)17(10-18)8-13-6-7-14(9-17)19(13)5/h13-14H,6-12,18H2,1-5H3. The van der Waals surface area contributed by atoms with Gasteiger partial charge in [-0.05, 0) is 60.4 Å². The third-order valence-corrected chi connectivity index (χ3v) is 5.96. The van der Waals surface area contributed by atoms with E-state index in [0.29, 0.717) is 0 Å². The number of ether oxygens (including phenoxy) is 1. The van der Waals surface area contributed by atoms with E-state index in [-0.39, 0.29) is 16.7 Å². The Balaban J connectivity index is 1.86. The second kappa shape index (κ2) is 4.92. The van der Waals surface area contributed by atoms with Crippen LogP contribution in [-0.2, 0) is 4.74 Å². The molecule has 3 fully saturated rings. The van der Waals surface area contributed by atoms with Gasteiger partial charge in [0.05, 0.1) is 11.2 Å². The smallest absolute Gasteiger partial charge is 0.0761 e. The quantitative estimate of drug-likeness (QED) is 0.844. The molecule has 4 nitrogen and oxygen atoms in total. The summed E-state index contributed by atoms with van der Waals surface area (Å²) in [6, 6.07) is 1.45. The van der Waals surface area contributed by atoms with Crippen molar-refractivity contribution in [2.75, 3.05) is 26.7 Å². The van der Waals surface area contributed by atoms with Crippen molar-refractivity contribution < 1.29 is 4.74 Å². The van der Waals surface area contributed by atoms with Gasteiger partial charge in [-0.1, -0.05) is 0 Å². The fourth-order valence-electron chi connectivity index (χ4n) is 5.22. The van der Waals surface area contributed by atoms with Gasteiger partial charge in [0.25, 0.3) is 0 Å². The van der Waals surface area contributed by atoms with Crippen LogP contribution in [0, 0.1) is 0 Å². The summed E-state index contributed by atoms with van der Waals surface area (Å²) < 4.78 is 6.27. The highest BCUT2D eigenvalue weighted by atomic mass is 16.5. The molecular weight excluding hydrogens is 262 g/mol. The number of rotatable bonds is 2. The van der Waals surface area contributed by atoms with E-state index in [1.165, 1.54) is 25.7 Å². The van der Waals surface area contributed by atoms with Crippen LogP contribution in [0.5, 0.6) is 0 Å². The van der Waals surface area contributed by atoms with Crippen LogP contribution >= 0.6 is 0 Å². The van der Waals surface area contributed by atoms with Crippen LogP contribution in [0.25, 0.3) is 0 Å². The van der Waals surface area contributed by atoms with Crippen molar-refractivity contribution in [2.24, 2.45) is 5.73 Å². The molecule has 0 spiro atoms. The Morgan fingerprint density at radius 1 is 1.00 bits per heavy atom. The lowest BCUT2D eigenvalue weighted by atomic mass is 9.79. The Hall–Kier alpha value is -0.160. The highest BCUT2D eigenvalue weighted by Gasteiger charge is 2.52. The van der Waals surface area contributed by atoms with E-state index in [2.05, 4.69) is 44.5 Å². The molecule has 3 saturated heterocycles. The molecule has 0 radical (unpaired) electrons.